The maximum absolute atomic E-state index is 13.2. The molecule has 1 aromatic heterocycles. The second kappa shape index (κ2) is 4.77. The average molecular weight is 265 g/mol. The lowest BCUT2D eigenvalue weighted by molar-refractivity contribution is 0.0841. The molecule has 3 unspecified atom stereocenters. The van der Waals surface area contributed by atoms with Crippen LogP contribution in [-0.2, 0) is 4.74 Å². The number of amides is 1. The summed E-state index contributed by atoms with van der Waals surface area (Å²) in [6.07, 6.45) is 4.35. The maximum atomic E-state index is 13.2. The van der Waals surface area contributed by atoms with Gasteiger partial charge in [0.25, 0.3) is 5.91 Å². The van der Waals surface area contributed by atoms with E-state index in [9.17, 15) is 9.18 Å². The fraction of sp³-hybridized carbons (Fsp3) is 0.538. The number of hydrogen-bond acceptors (Lipinski definition) is 4. The number of hydrogen-bond donors (Lipinski definition) is 2. The highest BCUT2D eigenvalue weighted by Crippen LogP contribution is 2.34. The Morgan fingerprint density at radius 1 is 1.53 bits per heavy atom. The molecule has 3 rings (SSSR count). The van der Waals surface area contributed by atoms with Crippen LogP contribution in [-0.4, -0.2) is 36.2 Å². The van der Waals surface area contributed by atoms with Gasteiger partial charge in [-0.15, -0.1) is 0 Å². The van der Waals surface area contributed by atoms with Gasteiger partial charge >= 0.3 is 0 Å². The van der Waals surface area contributed by atoms with Crippen LogP contribution in [0.3, 0.4) is 0 Å². The van der Waals surface area contributed by atoms with E-state index in [-0.39, 0.29) is 29.7 Å². The summed E-state index contributed by atoms with van der Waals surface area (Å²) in [5.41, 5.74) is 0.227. The van der Waals surface area contributed by atoms with Crippen LogP contribution in [0.1, 0.15) is 29.6 Å². The molecule has 1 amide bonds. The van der Waals surface area contributed by atoms with Crippen LogP contribution in [0.25, 0.3) is 0 Å². The lowest BCUT2D eigenvalue weighted by Crippen LogP contribution is -2.41. The Balaban J connectivity index is 1.75. The van der Waals surface area contributed by atoms with E-state index in [1.54, 1.807) is 7.05 Å². The Kier molecular flexibility index (Phi) is 3.10. The molecule has 0 aliphatic carbocycles. The third kappa shape index (κ3) is 2.28. The van der Waals surface area contributed by atoms with Crippen molar-refractivity contribution in [2.45, 2.75) is 37.5 Å². The Morgan fingerprint density at radius 3 is 3.00 bits per heavy atom. The van der Waals surface area contributed by atoms with Gasteiger partial charge in [0.1, 0.15) is 11.6 Å². The van der Waals surface area contributed by atoms with Gasteiger partial charge in [-0.3, -0.25) is 4.79 Å². The summed E-state index contributed by atoms with van der Waals surface area (Å²) in [7, 11) is 1.65. The molecule has 1 aromatic rings. The fourth-order valence-corrected chi connectivity index (χ4v) is 2.85. The molecule has 0 radical (unpaired) electrons. The van der Waals surface area contributed by atoms with Gasteiger partial charge in [0.05, 0.1) is 30.0 Å². The molecule has 102 valence electrons. The summed E-state index contributed by atoms with van der Waals surface area (Å²) in [6, 6.07) is 1.22. The van der Waals surface area contributed by atoms with Crippen molar-refractivity contribution in [1.29, 1.82) is 0 Å². The van der Waals surface area contributed by atoms with E-state index in [1.165, 1.54) is 6.07 Å². The van der Waals surface area contributed by atoms with E-state index < -0.39 is 5.82 Å². The summed E-state index contributed by atoms with van der Waals surface area (Å²) in [5.74, 6) is -0.450. The molecule has 0 aromatic carbocycles. The lowest BCUT2D eigenvalue weighted by atomic mass is 9.95. The Bertz CT molecular complexity index is 509. The van der Waals surface area contributed by atoms with E-state index in [1.807, 2.05) is 0 Å². The Hall–Kier alpha value is -1.69. The lowest BCUT2D eigenvalue weighted by Gasteiger charge is -2.20. The van der Waals surface area contributed by atoms with Crippen LogP contribution in [0.4, 0.5) is 10.2 Å². The standard InChI is InChI=1S/C13H16FN3O2/c1-15-12-9(4-7(14)6-16-12)13(18)17-10-5-8-2-3-11(10)19-8/h4,6,8,10-11H,2-3,5H2,1H3,(H,15,16)(H,17,18). The van der Waals surface area contributed by atoms with Crippen molar-refractivity contribution in [3.8, 4) is 0 Å². The highest BCUT2D eigenvalue weighted by molar-refractivity contribution is 5.98. The van der Waals surface area contributed by atoms with Gasteiger partial charge < -0.3 is 15.4 Å². The van der Waals surface area contributed by atoms with Crippen molar-refractivity contribution in [3.63, 3.8) is 0 Å². The van der Waals surface area contributed by atoms with Crippen LogP contribution in [0.5, 0.6) is 0 Å². The predicted molar refractivity (Wildman–Crippen MR) is 67.5 cm³/mol. The van der Waals surface area contributed by atoms with Gasteiger partial charge in [0, 0.05) is 7.05 Å². The minimum Gasteiger partial charge on any atom is -0.373 e. The van der Waals surface area contributed by atoms with Crippen molar-refractivity contribution in [2.75, 3.05) is 12.4 Å². The number of aromatic nitrogens is 1. The van der Waals surface area contributed by atoms with Crippen molar-refractivity contribution in [3.05, 3.63) is 23.6 Å². The number of halogens is 1. The van der Waals surface area contributed by atoms with Crippen molar-refractivity contribution in [2.24, 2.45) is 0 Å². The van der Waals surface area contributed by atoms with E-state index in [0.29, 0.717) is 5.82 Å². The second-order valence-electron chi connectivity index (χ2n) is 4.99. The smallest absolute Gasteiger partial charge is 0.255 e. The molecule has 19 heavy (non-hydrogen) atoms. The molecule has 0 saturated carbocycles. The number of fused-ring (bicyclic) bond motifs is 2. The van der Waals surface area contributed by atoms with Gasteiger partial charge in [-0.2, -0.15) is 0 Å². The molecule has 0 spiro atoms. The first kappa shape index (κ1) is 12.3. The van der Waals surface area contributed by atoms with E-state index in [2.05, 4.69) is 15.6 Å². The molecule has 2 bridgehead atoms. The van der Waals surface area contributed by atoms with Crippen molar-refractivity contribution >= 4 is 11.7 Å². The fourth-order valence-electron chi connectivity index (χ4n) is 2.85. The van der Waals surface area contributed by atoms with Crippen LogP contribution in [0, 0.1) is 5.82 Å². The second-order valence-corrected chi connectivity index (χ2v) is 4.99. The maximum Gasteiger partial charge on any atom is 0.255 e. The number of anilines is 1. The number of carbonyl (C=O) groups excluding carboxylic acids is 1. The molecule has 3 heterocycles. The topological polar surface area (TPSA) is 63.2 Å². The van der Waals surface area contributed by atoms with Gasteiger partial charge in [0.15, 0.2) is 0 Å². The summed E-state index contributed by atoms with van der Waals surface area (Å²) < 4.78 is 18.9. The van der Waals surface area contributed by atoms with Crippen LogP contribution < -0.4 is 10.6 Å². The summed E-state index contributed by atoms with van der Waals surface area (Å²) in [4.78, 5) is 16.1. The predicted octanol–water partition coefficient (Wildman–Crippen LogP) is 1.31. The molecular weight excluding hydrogens is 249 g/mol. The zero-order valence-corrected chi connectivity index (χ0v) is 10.6. The van der Waals surface area contributed by atoms with Gasteiger partial charge in [0.2, 0.25) is 0 Å². The molecule has 2 fully saturated rings. The minimum absolute atomic E-state index is 0.0271. The molecule has 6 heteroatoms. The Labute approximate surface area is 110 Å². The SMILES string of the molecule is CNc1ncc(F)cc1C(=O)NC1CC2CCC1O2. The number of carbonyl (C=O) groups is 1. The average Bonchev–Trinajstić information content (AvgIpc) is 3.01. The molecule has 2 aliphatic rings. The van der Waals surface area contributed by atoms with Gasteiger partial charge in [-0.1, -0.05) is 0 Å². The third-order valence-corrected chi connectivity index (χ3v) is 3.76. The summed E-state index contributed by atoms with van der Waals surface area (Å²) in [6.45, 7) is 0. The first-order valence-corrected chi connectivity index (χ1v) is 6.47. The molecule has 2 N–H and O–H groups in total. The van der Waals surface area contributed by atoms with Crippen LogP contribution in [0.2, 0.25) is 0 Å². The monoisotopic (exact) mass is 265 g/mol. The van der Waals surface area contributed by atoms with Gasteiger partial charge in [-0.25, -0.2) is 9.37 Å². The number of nitrogens with one attached hydrogen (secondary N) is 2. The zero-order chi connectivity index (χ0) is 13.4. The molecule has 2 aliphatic heterocycles. The zero-order valence-electron chi connectivity index (χ0n) is 10.6. The largest absolute Gasteiger partial charge is 0.373 e. The van der Waals surface area contributed by atoms with Gasteiger partial charge in [-0.05, 0) is 25.3 Å². The molecule has 5 nitrogen and oxygen atoms in total. The quantitative estimate of drug-likeness (QED) is 0.865. The number of pyridine rings is 1. The first-order valence-electron chi connectivity index (χ1n) is 6.47. The molecular formula is C13H16FN3O2. The molecule has 3 atom stereocenters. The van der Waals surface area contributed by atoms with E-state index in [4.69, 9.17) is 4.74 Å². The van der Waals surface area contributed by atoms with Crippen molar-refractivity contribution < 1.29 is 13.9 Å². The number of ether oxygens (including phenoxy) is 1. The highest BCUT2D eigenvalue weighted by atomic mass is 19.1. The van der Waals surface area contributed by atoms with Crippen LogP contribution >= 0.6 is 0 Å². The van der Waals surface area contributed by atoms with Crippen LogP contribution in [0.15, 0.2) is 12.3 Å². The molecule has 2 saturated heterocycles. The highest BCUT2D eigenvalue weighted by Gasteiger charge is 2.41. The minimum atomic E-state index is -0.520. The summed E-state index contributed by atoms with van der Waals surface area (Å²) >= 11 is 0. The Morgan fingerprint density at radius 2 is 2.37 bits per heavy atom. The van der Waals surface area contributed by atoms with E-state index in [0.717, 1.165) is 25.5 Å². The summed E-state index contributed by atoms with van der Waals surface area (Å²) in [5, 5.41) is 5.71. The number of rotatable bonds is 3. The number of nitrogens with zero attached hydrogens (tertiary/aromatic N) is 1. The normalized spacial score (nSPS) is 28.4. The van der Waals surface area contributed by atoms with E-state index >= 15 is 0 Å². The van der Waals surface area contributed by atoms with Crippen molar-refractivity contribution in [1.82, 2.24) is 10.3 Å². The first-order chi connectivity index (χ1) is 9.17. The third-order valence-electron chi connectivity index (χ3n) is 3.76.